The van der Waals surface area contributed by atoms with Crippen molar-refractivity contribution < 1.29 is 4.79 Å². The van der Waals surface area contributed by atoms with Gasteiger partial charge in [-0.1, -0.05) is 42.5 Å². The first-order chi connectivity index (χ1) is 11.8. The molecule has 1 aliphatic rings. The number of likely N-dealkylation sites (tertiary alicyclic amines) is 1. The molecule has 1 saturated heterocycles. The average Bonchev–Trinajstić information content (AvgIpc) is 3.26. The Labute approximate surface area is 140 Å². The zero-order valence-electron chi connectivity index (χ0n) is 13.4. The SMILES string of the molecule is O=C(NCc1ccccc1)N1CCCC1c1nc2ccccc2[nH]1. The van der Waals surface area contributed by atoms with Crippen molar-refractivity contribution in [1.29, 1.82) is 0 Å². The summed E-state index contributed by atoms with van der Waals surface area (Å²) < 4.78 is 0. The number of aromatic nitrogens is 2. The van der Waals surface area contributed by atoms with E-state index in [1.807, 2.05) is 59.5 Å². The van der Waals surface area contributed by atoms with Crippen molar-refractivity contribution in [2.75, 3.05) is 6.54 Å². The zero-order valence-corrected chi connectivity index (χ0v) is 13.4. The van der Waals surface area contributed by atoms with Gasteiger partial charge in [-0.25, -0.2) is 9.78 Å². The normalized spacial score (nSPS) is 17.3. The summed E-state index contributed by atoms with van der Waals surface area (Å²) in [5.74, 6) is 0.878. The van der Waals surface area contributed by atoms with Gasteiger partial charge in [-0.3, -0.25) is 0 Å². The Bertz CT molecular complexity index is 810. The zero-order chi connectivity index (χ0) is 16.4. The van der Waals surface area contributed by atoms with Crippen LogP contribution in [0.3, 0.4) is 0 Å². The maximum Gasteiger partial charge on any atom is 0.318 e. The fourth-order valence-electron chi connectivity index (χ4n) is 3.30. The highest BCUT2D eigenvalue weighted by Gasteiger charge is 2.32. The molecule has 24 heavy (non-hydrogen) atoms. The molecule has 0 radical (unpaired) electrons. The Hall–Kier alpha value is -2.82. The smallest absolute Gasteiger partial charge is 0.318 e. The predicted octanol–water partition coefficient (Wildman–Crippen LogP) is 3.61. The highest BCUT2D eigenvalue weighted by Crippen LogP contribution is 2.31. The minimum Gasteiger partial charge on any atom is -0.340 e. The molecule has 1 unspecified atom stereocenters. The molecule has 4 rings (SSSR count). The van der Waals surface area contributed by atoms with Gasteiger partial charge in [0.1, 0.15) is 5.82 Å². The largest absolute Gasteiger partial charge is 0.340 e. The third-order valence-corrected chi connectivity index (χ3v) is 4.52. The number of carbonyl (C=O) groups excluding carboxylic acids is 1. The van der Waals surface area contributed by atoms with Crippen molar-refractivity contribution in [3.8, 4) is 0 Å². The van der Waals surface area contributed by atoms with Gasteiger partial charge in [-0.15, -0.1) is 0 Å². The third-order valence-electron chi connectivity index (χ3n) is 4.52. The van der Waals surface area contributed by atoms with Crippen LogP contribution in [0.1, 0.15) is 30.3 Å². The van der Waals surface area contributed by atoms with Crippen molar-refractivity contribution in [3.05, 3.63) is 66.0 Å². The molecule has 0 saturated carbocycles. The Balaban J connectivity index is 1.48. The molecule has 2 heterocycles. The van der Waals surface area contributed by atoms with E-state index in [-0.39, 0.29) is 12.1 Å². The number of fused-ring (bicyclic) bond motifs is 1. The molecule has 1 aliphatic heterocycles. The quantitative estimate of drug-likeness (QED) is 0.774. The van der Waals surface area contributed by atoms with E-state index < -0.39 is 0 Å². The molecular weight excluding hydrogens is 300 g/mol. The van der Waals surface area contributed by atoms with Crippen molar-refractivity contribution in [2.24, 2.45) is 0 Å². The number of amides is 2. The number of hydrogen-bond donors (Lipinski definition) is 2. The molecule has 2 amide bonds. The number of para-hydroxylation sites is 2. The topological polar surface area (TPSA) is 61.0 Å². The fourth-order valence-corrected chi connectivity index (χ4v) is 3.30. The second kappa shape index (κ2) is 6.35. The van der Waals surface area contributed by atoms with Crippen LogP contribution in [0.5, 0.6) is 0 Å². The van der Waals surface area contributed by atoms with E-state index in [1.165, 1.54) is 0 Å². The number of nitrogens with zero attached hydrogens (tertiary/aromatic N) is 2. The molecule has 0 aliphatic carbocycles. The predicted molar refractivity (Wildman–Crippen MR) is 93.5 cm³/mol. The average molecular weight is 320 g/mol. The standard InChI is InChI=1S/C19H20N4O/c24-19(20-13-14-7-2-1-3-8-14)23-12-6-11-17(23)18-21-15-9-4-5-10-16(15)22-18/h1-5,7-10,17H,6,11-13H2,(H,20,24)(H,21,22). The van der Waals surface area contributed by atoms with Crippen LogP contribution in [-0.2, 0) is 6.54 Å². The molecule has 0 spiro atoms. The van der Waals surface area contributed by atoms with Crippen molar-refractivity contribution in [1.82, 2.24) is 20.2 Å². The maximum atomic E-state index is 12.6. The fraction of sp³-hybridized carbons (Fsp3) is 0.263. The van der Waals surface area contributed by atoms with E-state index in [1.54, 1.807) is 0 Å². The first-order valence-corrected chi connectivity index (χ1v) is 8.34. The van der Waals surface area contributed by atoms with Crippen LogP contribution in [0.2, 0.25) is 0 Å². The Morgan fingerprint density at radius 3 is 2.79 bits per heavy atom. The summed E-state index contributed by atoms with van der Waals surface area (Å²) in [5, 5.41) is 3.02. The van der Waals surface area contributed by atoms with Gasteiger partial charge in [0.25, 0.3) is 0 Å². The Kier molecular flexibility index (Phi) is 3.91. The van der Waals surface area contributed by atoms with Crippen molar-refractivity contribution in [3.63, 3.8) is 0 Å². The summed E-state index contributed by atoms with van der Waals surface area (Å²) in [6.45, 7) is 1.31. The molecular formula is C19H20N4O. The molecule has 2 aromatic carbocycles. The molecule has 122 valence electrons. The second-order valence-electron chi connectivity index (χ2n) is 6.13. The second-order valence-corrected chi connectivity index (χ2v) is 6.13. The van der Waals surface area contributed by atoms with Crippen LogP contribution in [0, 0.1) is 0 Å². The summed E-state index contributed by atoms with van der Waals surface area (Å²) in [7, 11) is 0. The van der Waals surface area contributed by atoms with Gasteiger partial charge in [-0.2, -0.15) is 0 Å². The number of rotatable bonds is 3. The number of aromatic amines is 1. The lowest BCUT2D eigenvalue weighted by Gasteiger charge is -2.23. The Morgan fingerprint density at radius 1 is 1.17 bits per heavy atom. The van der Waals surface area contributed by atoms with Crippen LogP contribution < -0.4 is 5.32 Å². The molecule has 0 bridgehead atoms. The first-order valence-electron chi connectivity index (χ1n) is 8.34. The third kappa shape index (κ3) is 2.85. The number of imidazole rings is 1. The number of urea groups is 1. The first kappa shape index (κ1) is 14.8. The van der Waals surface area contributed by atoms with Crippen molar-refractivity contribution in [2.45, 2.75) is 25.4 Å². The lowest BCUT2D eigenvalue weighted by molar-refractivity contribution is 0.191. The summed E-state index contributed by atoms with van der Waals surface area (Å²) in [4.78, 5) is 22.5. The molecule has 2 N–H and O–H groups in total. The molecule has 3 aromatic rings. The van der Waals surface area contributed by atoms with Gasteiger partial charge < -0.3 is 15.2 Å². The van der Waals surface area contributed by atoms with E-state index in [9.17, 15) is 4.79 Å². The lowest BCUT2D eigenvalue weighted by atomic mass is 10.2. The summed E-state index contributed by atoms with van der Waals surface area (Å²) in [6, 6.07) is 17.9. The lowest BCUT2D eigenvalue weighted by Crippen LogP contribution is -2.39. The highest BCUT2D eigenvalue weighted by atomic mass is 16.2. The van der Waals surface area contributed by atoms with Crippen LogP contribution >= 0.6 is 0 Å². The van der Waals surface area contributed by atoms with Crippen LogP contribution in [0.4, 0.5) is 4.79 Å². The number of nitrogens with one attached hydrogen (secondary N) is 2. The number of carbonyl (C=O) groups is 1. The molecule has 5 heteroatoms. The van der Waals surface area contributed by atoms with Crippen LogP contribution in [0.25, 0.3) is 11.0 Å². The Morgan fingerprint density at radius 2 is 1.96 bits per heavy atom. The van der Waals surface area contributed by atoms with Gasteiger partial charge in [0.05, 0.1) is 17.1 Å². The van der Waals surface area contributed by atoms with Gasteiger partial charge in [0.2, 0.25) is 0 Å². The number of hydrogen-bond acceptors (Lipinski definition) is 2. The minimum atomic E-state index is -0.0261. The monoisotopic (exact) mass is 320 g/mol. The van der Waals surface area contributed by atoms with Gasteiger partial charge in [-0.05, 0) is 30.5 Å². The highest BCUT2D eigenvalue weighted by molar-refractivity contribution is 5.77. The van der Waals surface area contributed by atoms with E-state index in [2.05, 4.69) is 15.3 Å². The van der Waals surface area contributed by atoms with E-state index in [0.717, 1.165) is 41.8 Å². The number of H-pyrrole nitrogens is 1. The molecule has 1 fully saturated rings. The number of benzene rings is 2. The van der Waals surface area contributed by atoms with Crippen LogP contribution in [-0.4, -0.2) is 27.4 Å². The summed E-state index contributed by atoms with van der Waals surface area (Å²) in [5.41, 5.74) is 3.07. The van der Waals surface area contributed by atoms with Crippen LogP contribution in [0.15, 0.2) is 54.6 Å². The molecule has 1 atom stereocenters. The van der Waals surface area contributed by atoms with E-state index >= 15 is 0 Å². The van der Waals surface area contributed by atoms with Gasteiger partial charge in [0.15, 0.2) is 0 Å². The minimum absolute atomic E-state index is 0.0215. The van der Waals surface area contributed by atoms with Gasteiger partial charge in [0, 0.05) is 13.1 Å². The van der Waals surface area contributed by atoms with Gasteiger partial charge >= 0.3 is 6.03 Å². The van der Waals surface area contributed by atoms with E-state index in [4.69, 9.17) is 0 Å². The van der Waals surface area contributed by atoms with Crippen molar-refractivity contribution >= 4 is 17.1 Å². The summed E-state index contributed by atoms with van der Waals surface area (Å²) >= 11 is 0. The maximum absolute atomic E-state index is 12.6. The molecule has 1 aromatic heterocycles. The summed E-state index contributed by atoms with van der Waals surface area (Å²) in [6.07, 6.45) is 1.94. The van der Waals surface area contributed by atoms with E-state index in [0.29, 0.717) is 6.54 Å². The molecule has 5 nitrogen and oxygen atoms in total.